The summed E-state index contributed by atoms with van der Waals surface area (Å²) in [6.45, 7) is 1.54. The van der Waals surface area contributed by atoms with Crippen LogP contribution in [0.25, 0.3) is 0 Å². The van der Waals surface area contributed by atoms with E-state index in [-0.39, 0.29) is 11.3 Å². The van der Waals surface area contributed by atoms with Crippen molar-refractivity contribution in [2.75, 3.05) is 32.2 Å². The summed E-state index contributed by atoms with van der Waals surface area (Å²) in [7, 11) is -0.981. The Morgan fingerprint density at radius 2 is 1.89 bits per heavy atom. The monoisotopic (exact) mass is 288 g/mol. The van der Waals surface area contributed by atoms with Crippen molar-refractivity contribution in [1.82, 2.24) is 4.98 Å². The van der Waals surface area contributed by atoms with Crippen molar-refractivity contribution < 1.29 is 22.8 Å². The highest BCUT2D eigenvalue weighted by Gasteiger charge is 2.36. The number of hydrogen-bond acceptors (Lipinski definition) is 7. The molecule has 2 rings (SSSR count). The molecule has 1 saturated heterocycles. The maximum atomic E-state index is 12.4. The third-order valence-corrected chi connectivity index (χ3v) is 4.86. The zero-order chi connectivity index (χ0) is 13.9. The largest absolute Gasteiger partial charge is 0.417 e. The highest BCUT2D eigenvalue weighted by atomic mass is 31.2. The maximum absolute atomic E-state index is 12.4. The van der Waals surface area contributed by atoms with Gasteiger partial charge in [0.1, 0.15) is 0 Å². The van der Waals surface area contributed by atoms with Gasteiger partial charge in [-0.15, -0.1) is 0 Å². The van der Waals surface area contributed by atoms with Gasteiger partial charge in [-0.1, -0.05) is 0 Å². The summed E-state index contributed by atoms with van der Waals surface area (Å²) in [4.78, 5) is 16.7. The normalized spacial score (nSPS) is 16.6. The summed E-state index contributed by atoms with van der Waals surface area (Å²) in [5.41, 5.74) is 0.0708. The van der Waals surface area contributed by atoms with E-state index >= 15 is 0 Å². The summed E-state index contributed by atoms with van der Waals surface area (Å²) < 4.78 is 27.7. The maximum Gasteiger partial charge on any atom is 0.384 e. The highest BCUT2D eigenvalue weighted by Crippen LogP contribution is 2.47. The molecule has 0 N–H and O–H groups in total. The molecule has 0 spiro atoms. The first-order valence-corrected chi connectivity index (χ1v) is 7.62. The fraction of sp³-hybridized carbons (Fsp3) is 0.636. The van der Waals surface area contributed by atoms with Gasteiger partial charge < -0.3 is 18.4 Å². The minimum atomic E-state index is -3.54. The second-order valence-corrected chi connectivity index (χ2v) is 6.36. The minimum Gasteiger partial charge on any atom is -0.417 e. The molecule has 0 aliphatic carbocycles. The van der Waals surface area contributed by atoms with Gasteiger partial charge in [0.05, 0.1) is 0 Å². The standard InChI is InChI=1S/C11H17N2O5P/c1-16-19(15,17-2)10-11(18-9(8-14)12-10)13-6-4-3-5-7-13/h8H,3-7H2,1-2H3. The Bertz CT molecular complexity index is 487. The Morgan fingerprint density at radius 1 is 1.26 bits per heavy atom. The van der Waals surface area contributed by atoms with E-state index < -0.39 is 7.60 Å². The minimum absolute atomic E-state index is 0.0708. The van der Waals surface area contributed by atoms with Gasteiger partial charge in [-0.2, -0.15) is 4.98 Å². The van der Waals surface area contributed by atoms with Crippen molar-refractivity contribution in [1.29, 1.82) is 0 Å². The number of rotatable bonds is 5. The molecule has 1 aromatic heterocycles. The second-order valence-electron chi connectivity index (χ2n) is 4.21. The van der Waals surface area contributed by atoms with Gasteiger partial charge in [0.25, 0.3) is 5.89 Å². The van der Waals surface area contributed by atoms with Crippen molar-refractivity contribution in [2.45, 2.75) is 19.3 Å². The van der Waals surface area contributed by atoms with Gasteiger partial charge in [0.2, 0.25) is 17.6 Å². The van der Waals surface area contributed by atoms with Crippen LogP contribution in [0.2, 0.25) is 0 Å². The number of piperidine rings is 1. The van der Waals surface area contributed by atoms with Crippen LogP contribution in [0.4, 0.5) is 5.88 Å². The number of oxazole rings is 1. The summed E-state index contributed by atoms with van der Waals surface area (Å²) in [6, 6.07) is 0. The van der Waals surface area contributed by atoms with Gasteiger partial charge in [-0.3, -0.25) is 9.36 Å². The molecule has 0 atom stereocenters. The number of aldehydes is 1. The van der Waals surface area contributed by atoms with Crippen molar-refractivity contribution in [3.05, 3.63) is 5.89 Å². The Balaban J connectivity index is 2.43. The Morgan fingerprint density at radius 3 is 2.42 bits per heavy atom. The molecule has 106 valence electrons. The zero-order valence-electron chi connectivity index (χ0n) is 11.0. The quantitative estimate of drug-likeness (QED) is 0.601. The lowest BCUT2D eigenvalue weighted by atomic mass is 10.1. The van der Waals surface area contributed by atoms with Crippen LogP contribution in [0, 0.1) is 0 Å². The number of anilines is 1. The molecule has 0 unspecified atom stereocenters. The van der Waals surface area contributed by atoms with Gasteiger partial charge in [-0.25, -0.2) is 0 Å². The van der Waals surface area contributed by atoms with Crippen LogP contribution in [0.5, 0.6) is 0 Å². The first-order valence-electron chi connectivity index (χ1n) is 6.07. The molecule has 8 heteroatoms. The van der Waals surface area contributed by atoms with Crippen molar-refractivity contribution >= 4 is 25.2 Å². The van der Waals surface area contributed by atoms with Crippen molar-refractivity contribution in [3.8, 4) is 0 Å². The molecule has 0 amide bonds. The lowest BCUT2D eigenvalue weighted by Crippen LogP contribution is -2.32. The molecule has 0 radical (unpaired) electrons. The number of nitrogens with zero attached hydrogens (tertiary/aromatic N) is 2. The third kappa shape index (κ3) is 2.73. The lowest BCUT2D eigenvalue weighted by molar-refractivity contribution is 0.109. The molecule has 0 aromatic carbocycles. The Kier molecular flexibility index (Phi) is 4.39. The molecule has 1 fully saturated rings. The Hall–Kier alpha value is -1.17. The van der Waals surface area contributed by atoms with E-state index in [0.717, 1.165) is 32.4 Å². The fourth-order valence-electron chi connectivity index (χ4n) is 2.10. The molecule has 0 bridgehead atoms. The van der Waals surface area contributed by atoms with Gasteiger partial charge in [-0.05, 0) is 19.3 Å². The van der Waals surface area contributed by atoms with E-state index in [1.807, 2.05) is 4.90 Å². The van der Waals surface area contributed by atoms with Crippen LogP contribution >= 0.6 is 7.60 Å². The van der Waals surface area contributed by atoms with Crippen LogP contribution in [-0.4, -0.2) is 38.6 Å². The third-order valence-electron chi connectivity index (χ3n) is 3.09. The second kappa shape index (κ2) is 5.86. The van der Waals surface area contributed by atoms with Crippen LogP contribution in [0.1, 0.15) is 29.9 Å². The molecular formula is C11H17N2O5P. The van der Waals surface area contributed by atoms with Crippen LogP contribution < -0.4 is 10.3 Å². The van der Waals surface area contributed by atoms with Crippen molar-refractivity contribution in [2.24, 2.45) is 0 Å². The fourth-order valence-corrected chi connectivity index (χ4v) is 3.24. The van der Waals surface area contributed by atoms with E-state index in [9.17, 15) is 9.36 Å². The van der Waals surface area contributed by atoms with Crippen LogP contribution in [0.3, 0.4) is 0 Å². The predicted octanol–water partition coefficient (Wildman–Crippen LogP) is 1.59. The topological polar surface area (TPSA) is 81.9 Å². The first kappa shape index (κ1) is 14.2. The predicted molar refractivity (Wildman–Crippen MR) is 69.2 cm³/mol. The average Bonchev–Trinajstić information content (AvgIpc) is 2.92. The zero-order valence-corrected chi connectivity index (χ0v) is 11.9. The summed E-state index contributed by atoms with van der Waals surface area (Å²) in [5, 5.41) is 0. The van der Waals surface area contributed by atoms with E-state index in [1.54, 1.807) is 0 Å². The van der Waals surface area contributed by atoms with E-state index in [4.69, 9.17) is 13.5 Å². The lowest BCUT2D eigenvalue weighted by Gasteiger charge is -2.27. The van der Waals surface area contributed by atoms with E-state index in [1.165, 1.54) is 14.2 Å². The number of carbonyl (C=O) groups excluding carboxylic acids is 1. The number of aromatic nitrogens is 1. The van der Waals surface area contributed by atoms with Gasteiger partial charge in [0.15, 0.2) is 0 Å². The molecular weight excluding hydrogens is 271 g/mol. The molecule has 7 nitrogen and oxygen atoms in total. The van der Waals surface area contributed by atoms with Crippen LogP contribution in [0.15, 0.2) is 4.42 Å². The highest BCUT2D eigenvalue weighted by molar-refractivity contribution is 7.62. The molecule has 1 aliphatic heterocycles. The summed E-state index contributed by atoms with van der Waals surface area (Å²) in [6.07, 6.45) is 3.65. The average molecular weight is 288 g/mol. The van der Waals surface area contributed by atoms with Gasteiger partial charge in [0, 0.05) is 27.3 Å². The summed E-state index contributed by atoms with van der Waals surface area (Å²) in [5.74, 6) is 0.193. The molecule has 1 aliphatic rings. The Labute approximate surface area is 111 Å². The summed E-state index contributed by atoms with van der Waals surface area (Å²) >= 11 is 0. The smallest absolute Gasteiger partial charge is 0.384 e. The van der Waals surface area contributed by atoms with Crippen molar-refractivity contribution in [3.63, 3.8) is 0 Å². The van der Waals surface area contributed by atoms with Gasteiger partial charge >= 0.3 is 7.60 Å². The SMILES string of the molecule is COP(=O)(OC)c1nc(C=O)oc1N1CCCCC1. The molecule has 19 heavy (non-hydrogen) atoms. The molecule has 0 saturated carbocycles. The van der Waals surface area contributed by atoms with Crippen LogP contribution in [-0.2, 0) is 13.6 Å². The molecule has 2 heterocycles. The number of hydrogen-bond donors (Lipinski definition) is 0. The first-order chi connectivity index (χ1) is 9.14. The molecule has 1 aromatic rings. The number of carbonyl (C=O) groups is 1. The van der Waals surface area contributed by atoms with E-state index in [2.05, 4.69) is 4.98 Å². The van der Waals surface area contributed by atoms with E-state index in [0.29, 0.717) is 12.2 Å².